The molecule has 1 aliphatic heterocycles. The Bertz CT molecular complexity index is 299. The third kappa shape index (κ3) is 1.68. The molecule has 0 bridgehead atoms. The molecule has 6 heteroatoms. The highest BCUT2D eigenvalue weighted by molar-refractivity contribution is 7.05. The predicted molar refractivity (Wildman–Crippen MR) is 48.3 cm³/mol. The van der Waals surface area contributed by atoms with Gasteiger partial charge in [0.25, 0.3) is 0 Å². The first-order valence-corrected chi connectivity index (χ1v) is 4.85. The summed E-state index contributed by atoms with van der Waals surface area (Å²) in [5, 5.41) is 6.89. The Morgan fingerprint density at radius 3 is 3.15 bits per heavy atom. The van der Waals surface area contributed by atoms with Crippen LogP contribution in [0.15, 0.2) is 6.33 Å². The summed E-state index contributed by atoms with van der Waals surface area (Å²) in [6, 6.07) is -0.0390. The first kappa shape index (κ1) is 8.58. The normalized spacial score (nSPS) is 28.5. The number of piperazine rings is 1. The largest absolute Gasteiger partial charge is 0.353 e. The van der Waals surface area contributed by atoms with Gasteiger partial charge in [0.15, 0.2) is 0 Å². The lowest BCUT2D eigenvalue weighted by Crippen LogP contribution is -2.52. The Hall–Kier alpha value is -1.01. The van der Waals surface area contributed by atoms with E-state index in [1.165, 1.54) is 17.9 Å². The number of aromatic nitrogens is 2. The molecule has 70 valence electrons. The van der Waals surface area contributed by atoms with Crippen molar-refractivity contribution in [2.75, 3.05) is 6.54 Å². The summed E-state index contributed by atoms with van der Waals surface area (Å²) in [6.45, 7) is 2.43. The van der Waals surface area contributed by atoms with Gasteiger partial charge in [0.1, 0.15) is 11.3 Å². The van der Waals surface area contributed by atoms with Crippen LogP contribution < -0.4 is 10.6 Å². The number of hydrogen-bond donors (Lipinski definition) is 2. The maximum absolute atomic E-state index is 11.1. The molecule has 2 N–H and O–H groups in total. The Balaban J connectivity index is 2.07. The number of nitrogens with zero attached hydrogens (tertiary/aromatic N) is 2. The van der Waals surface area contributed by atoms with E-state index >= 15 is 0 Å². The first-order chi connectivity index (χ1) is 6.27. The van der Waals surface area contributed by atoms with Crippen LogP contribution in [-0.2, 0) is 4.79 Å². The number of hydrogen-bond acceptors (Lipinski definition) is 5. The molecule has 0 spiro atoms. The van der Waals surface area contributed by atoms with E-state index in [1.807, 2.05) is 6.92 Å². The molecule has 5 nitrogen and oxygen atoms in total. The Kier molecular flexibility index (Phi) is 2.24. The summed E-state index contributed by atoms with van der Waals surface area (Å²) in [4.78, 5) is 15.2. The standard InChI is InChI=1S/C7H10N4OS/c1-4-6(12)8-2-5(11-4)7-9-3-10-13-7/h3-5,11H,2H2,1H3,(H,8,12)/t4-,5?/m0/s1. The van der Waals surface area contributed by atoms with Crippen molar-refractivity contribution < 1.29 is 4.79 Å². The minimum Gasteiger partial charge on any atom is -0.353 e. The fourth-order valence-electron chi connectivity index (χ4n) is 1.29. The van der Waals surface area contributed by atoms with Gasteiger partial charge in [0.05, 0.1) is 12.1 Å². The lowest BCUT2D eigenvalue weighted by atomic mass is 10.2. The molecule has 0 radical (unpaired) electrons. The average Bonchev–Trinajstić information content (AvgIpc) is 2.62. The Morgan fingerprint density at radius 1 is 1.69 bits per heavy atom. The van der Waals surface area contributed by atoms with E-state index in [9.17, 15) is 4.79 Å². The third-order valence-corrected chi connectivity index (χ3v) is 2.78. The molecule has 1 aromatic rings. The van der Waals surface area contributed by atoms with E-state index in [0.717, 1.165) is 5.01 Å². The van der Waals surface area contributed by atoms with E-state index in [2.05, 4.69) is 20.0 Å². The number of carbonyl (C=O) groups excluding carboxylic acids is 1. The summed E-state index contributed by atoms with van der Waals surface area (Å²) in [5.41, 5.74) is 0. The van der Waals surface area contributed by atoms with Gasteiger partial charge in [-0.15, -0.1) is 0 Å². The van der Waals surface area contributed by atoms with Crippen molar-refractivity contribution in [1.82, 2.24) is 20.0 Å². The molecule has 0 aromatic carbocycles. The Morgan fingerprint density at radius 2 is 2.54 bits per heavy atom. The van der Waals surface area contributed by atoms with Crippen LogP contribution in [0.25, 0.3) is 0 Å². The monoisotopic (exact) mass is 198 g/mol. The fourth-order valence-corrected chi connectivity index (χ4v) is 1.86. The van der Waals surface area contributed by atoms with E-state index < -0.39 is 0 Å². The van der Waals surface area contributed by atoms with Gasteiger partial charge in [-0.3, -0.25) is 10.1 Å². The van der Waals surface area contributed by atoms with Crippen LogP contribution in [0, 0.1) is 0 Å². The quantitative estimate of drug-likeness (QED) is 0.649. The molecular weight excluding hydrogens is 188 g/mol. The average molecular weight is 198 g/mol. The highest BCUT2D eigenvalue weighted by Crippen LogP contribution is 2.15. The van der Waals surface area contributed by atoms with Crippen LogP contribution in [0.1, 0.15) is 18.0 Å². The highest BCUT2D eigenvalue weighted by atomic mass is 32.1. The Labute approximate surface area is 79.7 Å². The summed E-state index contributed by atoms with van der Waals surface area (Å²) < 4.78 is 3.92. The van der Waals surface area contributed by atoms with Gasteiger partial charge in [-0.25, -0.2) is 4.98 Å². The van der Waals surface area contributed by atoms with Crippen LogP contribution in [0.4, 0.5) is 0 Å². The van der Waals surface area contributed by atoms with Gasteiger partial charge in [0.2, 0.25) is 5.91 Å². The lowest BCUT2D eigenvalue weighted by molar-refractivity contribution is -0.124. The van der Waals surface area contributed by atoms with E-state index in [1.54, 1.807) is 0 Å². The summed E-state index contributed by atoms with van der Waals surface area (Å²) >= 11 is 1.36. The maximum atomic E-state index is 11.1. The minimum absolute atomic E-state index is 0.0424. The number of carbonyl (C=O) groups is 1. The molecule has 1 saturated heterocycles. The molecule has 0 saturated carbocycles. The topological polar surface area (TPSA) is 66.9 Å². The zero-order chi connectivity index (χ0) is 9.26. The third-order valence-electron chi connectivity index (χ3n) is 2.00. The zero-order valence-corrected chi connectivity index (χ0v) is 7.97. The SMILES string of the molecule is C[C@@H]1NC(c2ncns2)CNC1=O. The van der Waals surface area contributed by atoms with Gasteiger partial charge in [0, 0.05) is 6.54 Å². The van der Waals surface area contributed by atoms with Crippen LogP contribution >= 0.6 is 11.5 Å². The molecular formula is C7H10N4OS. The van der Waals surface area contributed by atoms with Crippen molar-refractivity contribution in [3.8, 4) is 0 Å². The second kappa shape index (κ2) is 3.39. The molecule has 2 heterocycles. The van der Waals surface area contributed by atoms with E-state index in [0.29, 0.717) is 6.54 Å². The zero-order valence-electron chi connectivity index (χ0n) is 7.15. The molecule has 1 aliphatic rings. The minimum atomic E-state index is -0.150. The van der Waals surface area contributed by atoms with Crippen molar-refractivity contribution in [1.29, 1.82) is 0 Å². The van der Waals surface area contributed by atoms with Gasteiger partial charge in [-0.05, 0) is 18.5 Å². The van der Waals surface area contributed by atoms with E-state index in [-0.39, 0.29) is 18.0 Å². The smallest absolute Gasteiger partial charge is 0.236 e. The molecule has 2 rings (SSSR count). The molecule has 1 amide bonds. The van der Waals surface area contributed by atoms with Crippen molar-refractivity contribution in [3.05, 3.63) is 11.3 Å². The second-order valence-corrected chi connectivity index (χ2v) is 3.78. The molecule has 2 atom stereocenters. The van der Waals surface area contributed by atoms with Crippen molar-refractivity contribution in [3.63, 3.8) is 0 Å². The summed E-state index contributed by atoms with van der Waals surface area (Å²) in [7, 11) is 0. The van der Waals surface area contributed by atoms with Crippen LogP contribution in [-0.4, -0.2) is 27.9 Å². The predicted octanol–water partition coefficient (Wildman–Crippen LogP) is -0.313. The van der Waals surface area contributed by atoms with Crippen LogP contribution in [0.2, 0.25) is 0 Å². The molecule has 1 fully saturated rings. The van der Waals surface area contributed by atoms with Crippen LogP contribution in [0.3, 0.4) is 0 Å². The van der Waals surface area contributed by atoms with Gasteiger partial charge in [-0.2, -0.15) is 4.37 Å². The summed E-state index contributed by atoms with van der Waals surface area (Å²) in [6.07, 6.45) is 1.53. The van der Waals surface area contributed by atoms with Crippen molar-refractivity contribution >= 4 is 17.4 Å². The number of nitrogens with one attached hydrogen (secondary N) is 2. The number of rotatable bonds is 1. The van der Waals surface area contributed by atoms with Crippen molar-refractivity contribution in [2.45, 2.75) is 19.0 Å². The van der Waals surface area contributed by atoms with Gasteiger partial charge < -0.3 is 5.32 Å². The number of amides is 1. The fraction of sp³-hybridized carbons (Fsp3) is 0.571. The van der Waals surface area contributed by atoms with Crippen LogP contribution in [0.5, 0.6) is 0 Å². The second-order valence-electron chi connectivity index (χ2n) is 2.97. The van der Waals surface area contributed by atoms with Crippen molar-refractivity contribution in [2.24, 2.45) is 0 Å². The molecule has 0 aliphatic carbocycles. The molecule has 1 unspecified atom stereocenters. The molecule has 13 heavy (non-hydrogen) atoms. The highest BCUT2D eigenvalue weighted by Gasteiger charge is 2.26. The summed E-state index contributed by atoms with van der Waals surface area (Å²) in [5.74, 6) is 0.0424. The molecule has 1 aromatic heterocycles. The van der Waals surface area contributed by atoms with E-state index in [4.69, 9.17) is 0 Å². The van der Waals surface area contributed by atoms with Gasteiger partial charge in [-0.1, -0.05) is 0 Å². The lowest BCUT2D eigenvalue weighted by Gasteiger charge is -2.26. The maximum Gasteiger partial charge on any atom is 0.236 e. The van der Waals surface area contributed by atoms with Gasteiger partial charge >= 0.3 is 0 Å². The first-order valence-electron chi connectivity index (χ1n) is 4.07.